The zero-order valence-electron chi connectivity index (χ0n) is 12.9. The number of nitrogens with zero attached hydrogens (tertiary/aromatic N) is 5. The Kier molecular flexibility index (Phi) is 4.22. The summed E-state index contributed by atoms with van der Waals surface area (Å²) in [5, 5.41) is 18.6. The molecular formula is C14H9N5O7. The molecule has 12 heteroatoms. The monoisotopic (exact) mass is 359 g/mol. The van der Waals surface area contributed by atoms with Crippen LogP contribution in [0, 0.1) is 10.1 Å². The topological polar surface area (TPSA) is 155 Å². The van der Waals surface area contributed by atoms with Crippen molar-refractivity contribution in [2.75, 3.05) is 0 Å². The van der Waals surface area contributed by atoms with E-state index in [2.05, 4.69) is 10.3 Å². The lowest BCUT2D eigenvalue weighted by molar-refractivity contribution is -0.385. The van der Waals surface area contributed by atoms with Crippen LogP contribution in [0.15, 0.2) is 24.4 Å². The maximum Gasteiger partial charge on any atom is 0.370 e. The van der Waals surface area contributed by atoms with E-state index < -0.39 is 34.0 Å². The number of benzene rings is 1. The molecule has 0 radical (unpaired) electrons. The molecular weight excluding hydrogens is 350 g/mol. The molecule has 0 saturated carbocycles. The van der Waals surface area contributed by atoms with Gasteiger partial charge in [-0.15, -0.1) is 10.2 Å². The van der Waals surface area contributed by atoms with Crippen molar-refractivity contribution in [2.24, 2.45) is 0 Å². The van der Waals surface area contributed by atoms with Gasteiger partial charge in [-0.1, -0.05) is 5.21 Å². The Balaban J connectivity index is 1.97. The number of aromatic nitrogens is 3. The Bertz CT molecular complexity index is 935. The zero-order valence-corrected chi connectivity index (χ0v) is 12.9. The number of rotatable bonds is 5. The van der Waals surface area contributed by atoms with Crippen molar-refractivity contribution in [3.8, 4) is 5.69 Å². The van der Waals surface area contributed by atoms with Gasteiger partial charge in [-0.3, -0.25) is 24.5 Å². The van der Waals surface area contributed by atoms with Crippen molar-refractivity contribution in [3.05, 3.63) is 45.8 Å². The van der Waals surface area contributed by atoms with Crippen molar-refractivity contribution in [1.29, 1.82) is 0 Å². The summed E-state index contributed by atoms with van der Waals surface area (Å²) >= 11 is 0. The number of amides is 2. The Morgan fingerprint density at radius 3 is 2.54 bits per heavy atom. The van der Waals surface area contributed by atoms with Crippen LogP contribution in [0.1, 0.15) is 33.7 Å². The number of hydrogen-bond acceptors (Lipinski definition) is 9. The molecule has 1 fully saturated rings. The van der Waals surface area contributed by atoms with Crippen LogP contribution in [0.2, 0.25) is 0 Å². The van der Waals surface area contributed by atoms with Crippen LogP contribution >= 0.6 is 0 Å². The van der Waals surface area contributed by atoms with Gasteiger partial charge in [0.05, 0.1) is 16.8 Å². The minimum atomic E-state index is -1.25. The molecule has 0 unspecified atom stereocenters. The maximum absolute atomic E-state index is 12.3. The average Bonchev–Trinajstić information content (AvgIpc) is 3.23. The molecule has 2 amide bonds. The van der Waals surface area contributed by atoms with Crippen LogP contribution in [0.3, 0.4) is 0 Å². The number of hydrogen-bond donors (Lipinski definition) is 0. The van der Waals surface area contributed by atoms with Crippen LogP contribution in [0.4, 0.5) is 5.69 Å². The van der Waals surface area contributed by atoms with E-state index in [-0.39, 0.29) is 24.2 Å². The van der Waals surface area contributed by atoms with Gasteiger partial charge >= 0.3 is 5.97 Å². The predicted octanol–water partition coefficient (Wildman–Crippen LogP) is 0.209. The fraction of sp³-hybridized carbons (Fsp3) is 0.143. The summed E-state index contributed by atoms with van der Waals surface area (Å²) < 4.78 is 1.12. The first-order valence-electron chi connectivity index (χ1n) is 7.15. The van der Waals surface area contributed by atoms with Crippen LogP contribution in [0.5, 0.6) is 0 Å². The molecule has 1 aromatic heterocycles. The molecule has 1 aromatic carbocycles. The lowest BCUT2D eigenvalue weighted by Gasteiger charge is -2.13. The summed E-state index contributed by atoms with van der Waals surface area (Å²) in [5.74, 6) is -2.68. The molecule has 26 heavy (non-hydrogen) atoms. The number of nitro groups is 1. The van der Waals surface area contributed by atoms with Crippen LogP contribution in [0.25, 0.3) is 5.69 Å². The summed E-state index contributed by atoms with van der Waals surface area (Å²) in [6.07, 6.45) is 1.48. The largest absolute Gasteiger partial charge is 0.370 e. The number of nitro benzene ring substituents is 1. The molecule has 2 aromatic rings. The molecule has 1 aliphatic rings. The van der Waals surface area contributed by atoms with Crippen LogP contribution in [-0.4, -0.2) is 49.1 Å². The molecule has 0 aliphatic carbocycles. The molecule has 132 valence electrons. The summed E-state index contributed by atoms with van der Waals surface area (Å²) in [6, 6.07) is 3.39. The number of hydroxylamine groups is 2. The van der Waals surface area contributed by atoms with Crippen molar-refractivity contribution in [1.82, 2.24) is 20.1 Å². The van der Waals surface area contributed by atoms with Gasteiger partial charge in [0.2, 0.25) is 0 Å². The van der Waals surface area contributed by atoms with E-state index >= 15 is 0 Å². The predicted molar refractivity (Wildman–Crippen MR) is 79.9 cm³/mol. The standard InChI is InChI=1S/C14H9N5O7/c20-7-8-6-17(16-15-8)9-1-2-11(19(24)25)10(5-9)14(23)26-18-12(21)3-4-13(18)22/h1-2,5-7H,3-4H2. The number of carbonyl (C=O) groups is 4. The first-order valence-corrected chi connectivity index (χ1v) is 7.15. The van der Waals surface area contributed by atoms with Gasteiger partial charge in [-0.2, -0.15) is 0 Å². The highest BCUT2D eigenvalue weighted by atomic mass is 16.7. The molecule has 12 nitrogen and oxygen atoms in total. The third kappa shape index (κ3) is 3.02. The lowest BCUT2D eigenvalue weighted by Crippen LogP contribution is -2.32. The van der Waals surface area contributed by atoms with E-state index in [4.69, 9.17) is 4.84 Å². The highest BCUT2D eigenvalue weighted by molar-refractivity contribution is 6.03. The van der Waals surface area contributed by atoms with Crippen molar-refractivity contribution in [3.63, 3.8) is 0 Å². The van der Waals surface area contributed by atoms with E-state index in [0.717, 1.165) is 16.8 Å². The Morgan fingerprint density at radius 1 is 1.27 bits per heavy atom. The minimum Gasteiger partial charge on any atom is -0.325 e. The fourth-order valence-corrected chi connectivity index (χ4v) is 2.24. The number of imide groups is 1. The van der Waals surface area contributed by atoms with Gasteiger partial charge in [0.1, 0.15) is 11.3 Å². The first kappa shape index (κ1) is 16.9. The first-order chi connectivity index (χ1) is 12.4. The van der Waals surface area contributed by atoms with Crippen molar-refractivity contribution in [2.45, 2.75) is 12.8 Å². The normalized spacial score (nSPS) is 13.8. The van der Waals surface area contributed by atoms with Gasteiger partial charge in [-0.05, 0) is 12.1 Å². The second-order valence-electron chi connectivity index (χ2n) is 5.12. The van der Waals surface area contributed by atoms with E-state index in [1.54, 1.807) is 0 Å². The lowest BCUT2D eigenvalue weighted by atomic mass is 10.1. The van der Waals surface area contributed by atoms with E-state index in [9.17, 15) is 29.3 Å². The van der Waals surface area contributed by atoms with Crippen LogP contribution in [-0.2, 0) is 14.4 Å². The molecule has 1 aliphatic heterocycles. The van der Waals surface area contributed by atoms with Gasteiger partial charge in [0.15, 0.2) is 6.29 Å². The Morgan fingerprint density at radius 2 is 1.96 bits per heavy atom. The highest BCUT2D eigenvalue weighted by Crippen LogP contribution is 2.24. The molecule has 0 spiro atoms. The maximum atomic E-state index is 12.3. The molecule has 0 N–H and O–H groups in total. The third-order valence-electron chi connectivity index (χ3n) is 3.47. The molecule has 3 rings (SSSR count). The molecule has 1 saturated heterocycles. The summed E-state index contributed by atoms with van der Waals surface area (Å²) in [7, 11) is 0. The second-order valence-corrected chi connectivity index (χ2v) is 5.12. The molecule has 2 heterocycles. The van der Waals surface area contributed by atoms with Gasteiger partial charge in [-0.25, -0.2) is 9.48 Å². The van der Waals surface area contributed by atoms with E-state index in [1.807, 2.05) is 0 Å². The summed E-state index contributed by atoms with van der Waals surface area (Å²) in [5.41, 5.74) is -0.889. The molecule has 0 bridgehead atoms. The summed E-state index contributed by atoms with van der Waals surface area (Å²) in [6.45, 7) is 0. The van der Waals surface area contributed by atoms with Gasteiger partial charge in [0, 0.05) is 18.9 Å². The Hall–Kier alpha value is -3.96. The highest BCUT2D eigenvalue weighted by Gasteiger charge is 2.35. The van der Waals surface area contributed by atoms with Crippen LogP contribution < -0.4 is 0 Å². The molecule has 0 atom stereocenters. The summed E-state index contributed by atoms with van der Waals surface area (Å²) in [4.78, 5) is 61.1. The number of aldehydes is 1. The third-order valence-corrected chi connectivity index (χ3v) is 3.47. The van der Waals surface area contributed by atoms with Gasteiger partial charge in [0.25, 0.3) is 17.5 Å². The average molecular weight is 359 g/mol. The number of carbonyl (C=O) groups excluding carboxylic acids is 4. The zero-order chi connectivity index (χ0) is 18.8. The smallest absolute Gasteiger partial charge is 0.325 e. The fourth-order valence-electron chi connectivity index (χ4n) is 2.24. The Labute approximate surface area is 144 Å². The minimum absolute atomic E-state index is 0.0146. The van der Waals surface area contributed by atoms with Crippen molar-refractivity contribution >= 4 is 29.8 Å². The SMILES string of the molecule is O=Cc1cn(-c2ccc([N+](=O)[O-])c(C(=O)ON3C(=O)CCC3=O)c2)nn1. The van der Waals surface area contributed by atoms with Gasteiger partial charge < -0.3 is 4.84 Å². The van der Waals surface area contributed by atoms with E-state index in [1.165, 1.54) is 12.3 Å². The van der Waals surface area contributed by atoms with E-state index in [0.29, 0.717) is 11.3 Å². The van der Waals surface area contributed by atoms with Crippen molar-refractivity contribution < 1.29 is 28.9 Å². The second kappa shape index (κ2) is 6.51. The quantitative estimate of drug-likeness (QED) is 0.315.